The number of urea groups is 1. The first-order valence-corrected chi connectivity index (χ1v) is 11.0. The molecule has 3 rings (SSSR count). The number of aromatic nitrogens is 3. The van der Waals surface area contributed by atoms with Crippen molar-refractivity contribution in [2.45, 2.75) is 31.8 Å². The summed E-state index contributed by atoms with van der Waals surface area (Å²) >= 11 is 7.41. The fourth-order valence-electron chi connectivity index (χ4n) is 2.95. The first kappa shape index (κ1) is 21.4. The molecule has 0 saturated carbocycles. The molecule has 2 heterocycles. The molecule has 0 bridgehead atoms. The van der Waals surface area contributed by atoms with Crippen molar-refractivity contribution in [2.75, 3.05) is 30.3 Å². The molecule has 0 spiro atoms. The van der Waals surface area contributed by atoms with Crippen LogP contribution in [0.3, 0.4) is 0 Å². The maximum absolute atomic E-state index is 12.2. The minimum atomic E-state index is -0.488. The van der Waals surface area contributed by atoms with Gasteiger partial charge in [-0.25, -0.2) is 4.79 Å². The van der Waals surface area contributed by atoms with Crippen LogP contribution in [0.4, 0.5) is 10.7 Å². The van der Waals surface area contributed by atoms with Gasteiger partial charge in [0.2, 0.25) is 11.9 Å². The van der Waals surface area contributed by atoms with Gasteiger partial charge in [-0.05, 0) is 37.0 Å². The Morgan fingerprint density at radius 3 is 2.69 bits per heavy atom. The fourth-order valence-corrected chi connectivity index (χ4v) is 3.88. The Balaban J connectivity index is 1.72. The number of halogens is 1. The van der Waals surface area contributed by atoms with Gasteiger partial charge in [0.1, 0.15) is 0 Å². The predicted molar refractivity (Wildman–Crippen MR) is 115 cm³/mol. The van der Waals surface area contributed by atoms with Crippen LogP contribution in [0.15, 0.2) is 29.4 Å². The molecule has 0 atom stereocenters. The quantitative estimate of drug-likeness (QED) is 0.648. The van der Waals surface area contributed by atoms with E-state index >= 15 is 0 Å². The molecule has 1 aromatic carbocycles. The summed E-state index contributed by atoms with van der Waals surface area (Å²) in [6, 6.07) is 6.96. The molecular formula is C19H25ClN6O2S. The van der Waals surface area contributed by atoms with Gasteiger partial charge in [0.25, 0.3) is 0 Å². The molecule has 1 saturated heterocycles. The minimum Gasteiger partial charge on any atom is -0.341 e. The third kappa shape index (κ3) is 5.86. The lowest BCUT2D eigenvalue weighted by atomic mass is 10.2. The normalized spacial score (nSPS) is 13.7. The SMILES string of the molecule is CC(C)CNC(=O)NC(=O)CSc1nnc(N2CCCC2)n1-c1cccc(Cl)c1. The summed E-state index contributed by atoms with van der Waals surface area (Å²) in [5.41, 5.74) is 0.835. The first-order valence-electron chi connectivity index (χ1n) is 9.61. The number of rotatable bonds is 7. The Hall–Kier alpha value is -2.26. The van der Waals surface area contributed by atoms with Gasteiger partial charge in [0, 0.05) is 24.7 Å². The number of nitrogens with zero attached hydrogens (tertiary/aromatic N) is 4. The number of amides is 3. The van der Waals surface area contributed by atoms with E-state index in [0.717, 1.165) is 37.6 Å². The summed E-state index contributed by atoms with van der Waals surface area (Å²) in [5.74, 6) is 0.709. The summed E-state index contributed by atoms with van der Waals surface area (Å²) in [6.07, 6.45) is 2.22. The molecular weight excluding hydrogens is 412 g/mol. The molecule has 2 N–H and O–H groups in total. The number of thioether (sulfide) groups is 1. The summed E-state index contributed by atoms with van der Waals surface area (Å²) in [4.78, 5) is 26.1. The summed E-state index contributed by atoms with van der Waals surface area (Å²) < 4.78 is 1.91. The van der Waals surface area contributed by atoms with Crippen LogP contribution in [0, 0.1) is 5.92 Å². The topological polar surface area (TPSA) is 92.2 Å². The Morgan fingerprint density at radius 1 is 1.24 bits per heavy atom. The van der Waals surface area contributed by atoms with Crippen molar-refractivity contribution in [3.63, 3.8) is 0 Å². The van der Waals surface area contributed by atoms with Crippen molar-refractivity contribution < 1.29 is 9.59 Å². The molecule has 1 fully saturated rings. The third-order valence-corrected chi connectivity index (χ3v) is 5.49. The Bertz CT molecular complexity index is 866. The smallest absolute Gasteiger partial charge is 0.321 e. The second-order valence-corrected chi connectivity index (χ2v) is 8.61. The van der Waals surface area contributed by atoms with E-state index in [9.17, 15) is 9.59 Å². The Kier molecular flexibility index (Phi) is 7.38. The van der Waals surface area contributed by atoms with Gasteiger partial charge in [0.05, 0.1) is 11.4 Å². The molecule has 0 unspecified atom stereocenters. The van der Waals surface area contributed by atoms with Gasteiger partial charge in [-0.15, -0.1) is 10.2 Å². The highest BCUT2D eigenvalue weighted by molar-refractivity contribution is 7.99. The molecule has 1 aromatic heterocycles. The number of benzene rings is 1. The molecule has 2 aromatic rings. The van der Waals surface area contributed by atoms with E-state index in [4.69, 9.17) is 11.6 Å². The standard InChI is InChI=1S/C19H25ClN6O2S/c1-13(2)11-21-17(28)22-16(27)12-29-19-24-23-18(25-8-3-4-9-25)26(19)15-7-5-6-14(20)10-15/h5-7,10,13H,3-4,8-9,11-12H2,1-2H3,(H2,21,22,27,28). The molecule has 8 nitrogen and oxygen atoms in total. The lowest BCUT2D eigenvalue weighted by molar-refractivity contribution is -0.117. The number of hydrogen-bond acceptors (Lipinski definition) is 6. The molecule has 1 aliphatic rings. The van der Waals surface area contributed by atoms with E-state index in [1.54, 1.807) is 6.07 Å². The summed E-state index contributed by atoms with van der Waals surface area (Å²) in [5, 5.41) is 14.8. The van der Waals surface area contributed by atoms with Crippen LogP contribution in [0.25, 0.3) is 5.69 Å². The van der Waals surface area contributed by atoms with Gasteiger partial charge < -0.3 is 10.2 Å². The molecule has 3 amide bonds. The van der Waals surface area contributed by atoms with Gasteiger partial charge in [-0.2, -0.15) is 0 Å². The van der Waals surface area contributed by atoms with E-state index in [0.29, 0.717) is 22.6 Å². The second-order valence-electron chi connectivity index (χ2n) is 7.23. The average molecular weight is 437 g/mol. The number of imide groups is 1. The van der Waals surface area contributed by atoms with Crippen LogP contribution < -0.4 is 15.5 Å². The maximum Gasteiger partial charge on any atom is 0.321 e. The van der Waals surface area contributed by atoms with E-state index < -0.39 is 6.03 Å². The van der Waals surface area contributed by atoms with E-state index in [2.05, 4.69) is 25.7 Å². The highest BCUT2D eigenvalue weighted by atomic mass is 35.5. The van der Waals surface area contributed by atoms with Crippen molar-refractivity contribution >= 4 is 41.2 Å². The highest BCUT2D eigenvalue weighted by Gasteiger charge is 2.23. The minimum absolute atomic E-state index is 0.0494. The van der Waals surface area contributed by atoms with Crippen molar-refractivity contribution in [3.05, 3.63) is 29.3 Å². The van der Waals surface area contributed by atoms with Gasteiger partial charge in [0.15, 0.2) is 5.16 Å². The van der Waals surface area contributed by atoms with Crippen molar-refractivity contribution in [1.82, 2.24) is 25.4 Å². The van der Waals surface area contributed by atoms with Crippen LogP contribution in [-0.2, 0) is 4.79 Å². The highest BCUT2D eigenvalue weighted by Crippen LogP contribution is 2.29. The number of hydrogen-bond donors (Lipinski definition) is 2. The number of carbonyl (C=O) groups is 2. The largest absolute Gasteiger partial charge is 0.341 e. The zero-order chi connectivity index (χ0) is 20.8. The molecule has 0 aliphatic carbocycles. The van der Waals surface area contributed by atoms with Crippen LogP contribution >= 0.6 is 23.4 Å². The first-order chi connectivity index (χ1) is 13.9. The van der Waals surface area contributed by atoms with Crippen molar-refractivity contribution in [3.8, 4) is 5.69 Å². The predicted octanol–water partition coefficient (Wildman–Crippen LogP) is 3.09. The van der Waals surface area contributed by atoms with Gasteiger partial charge in [-0.1, -0.05) is 43.3 Å². The van der Waals surface area contributed by atoms with Gasteiger partial charge in [-0.3, -0.25) is 14.7 Å². The van der Waals surface area contributed by atoms with Crippen molar-refractivity contribution in [1.29, 1.82) is 0 Å². The number of nitrogens with one attached hydrogen (secondary N) is 2. The molecule has 1 aliphatic heterocycles. The number of anilines is 1. The van der Waals surface area contributed by atoms with Gasteiger partial charge >= 0.3 is 6.03 Å². The zero-order valence-corrected chi connectivity index (χ0v) is 18.1. The van der Waals surface area contributed by atoms with Crippen LogP contribution in [-0.4, -0.2) is 52.1 Å². The fraction of sp³-hybridized carbons (Fsp3) is 0.474. The molecule has 10 heteroatoms. The van der Waals surface area contributed by atoms with E-state index in [-0.39, 0.29) is 11.7 Å². The Labute approximate surface area is 179 Å². The van der Waals surface area contributed by atoms with E-state index in [1.807, 2.05) is 36.6 Å². The van der Waals surface area contributed by atoms with Crippen LogP contribution in [0.2, 0.25) is 5.02 Å². The average Bonchev–Trinajstić information content (AvgIpc) is 3.34. The van der Waals surface area contributed by atoms with E-state index in [1.165, 1.54) is 11.8 Å². The van der Waals surface area contributed by atoms with Crippen LogP contribution in [0.1, 0.15) is 26.7 Å². The second kappa shape index (κ2) is 9.98. The molecule has 156 valence electrons. The maximum atomic E-state index is 12.2. The lowest BCUT2D eigenvalue weighted by Crippen LogP contribution is -2.41. The molecule has 29 heavy (non-hydrogen) atoms. The zero-order valence-electron chi connectivity index (χ0n) is 16.5. The van der Waals surface area contributed by atoms with Crippen LogP contribution in [0.5, 0.6) is 0 Å². The lowest BCUT2D eigenvalue weighted by Gasteiger charge is -2.18. The Morgan fingerprint density at radius 2 is 2.00 bits per heavy atom. The summed E-state index contributed by atoms with van der Waals surface area (Å²) in [6.45, 7) is 6.31. The third-order valence-electron chi connectivity index (χ3n) is 4.33. The summed E-state index contributed by atoms with van der Waals surface area (Å²) in [7, 11) is 0. The van der Waals surface area contributed by atoms with Crippen molar-refractivity contribution in [2.24, 2.45) is 5.92 Å². The molecule has 0 radical (unpaired) electrons. The monoisotopic (exact) mass is 436 g/mol. The number of carbonyl (C=O) groups excluding carboxylic acids is 2.